The lowest BCUT2D eigenvalue weighted by atomic mass is 9.63. The van der Waals surface area contributed by atoms with E-state index in [0.29, 0.717) is 6.42 Å². The van der Waals surface area contributed by atoms with Crippen LogP contribution >= 0.6 is 0 Å². The first-order valence-electron chi connectivity index (χ1n) is 10.1. The van der Waals surface area contributed by atoms with Crippen LogP contribution in [0.3, 0.4) is 0 Å². The number of benzene rings is 1. The van der Waals surface area contributed by atoms with Crippen LogP contribution in [-0.4, -0.2) is 12.9 Å². The van der Waals surface area contributed by atoms with Gasteiger partial charge >= 0.3 is 0 Å². The highest BCUT2D eigenvalue weighted by Gasteiger charge is 2.37. The van der Waals surface area contributed by atoms with E-state index in [9.17, 15) is 4.79 Å². The van der Waals surface area contributed by atoms with Gasteiger partial charge in [-0.2, -0.15) is 0 Å². The number of ether oxygens (including phenoxy) is 1. The van der Waals surface area contributed by atoms with Crippen LogP contribution in [-0.2, 0) is 22.0 Å². The van der Waals surface area contributed by atoms with Crippen molar-refractivity contribution in [3.05, 3.63) is 28.8 Å². The molecule has 0 heterocycles. The van der Waals surface area contributed by atoms with Gasteiger partial charge in [-0.05, 0) is 47.3 Å². The standard InChI is InChI=1S/C23H36O2/c1-6-7-8-9-10-15-25-21-17-20-19(16-18(21)11-14-24)22(2,3)12-13-23(20,4)5/h14,16-17H,6-13,15H2,1-5H3. The van der Waals surface area contributed by atoms with Gasteiger partial charge in [0.15, 0.2) is 0 Å². The van der Waals surface area contributed by atoms with E-state index in [4.69, 9.17) is 4.74 Å². The van der Waals surface area contributed by atoms with Crippen LogP contribution in [0.1, 0.15) is 96.3 Å². The van der Waals surface area contributed by atoms with Crippen LogP contribution in [0.25, 0.3) is 0 Å². The van der Waals surface area contributed by atoms with Gasteiger partial charge < -0.3 is 9.53 Å². The molecule has 0 saturated carbocycles. The summed E-state index contributed by atoms with van der Waals surface area (Å²) in [7, 11) is 0. The van der Waals surface area contributed by atoms with Gasteiger partial charge in [0.1, 0.15) is 12.0 Å². The average Bonchev–Trinajstić information content (AvgIpc) is 2.56. The Morgan fingerprint density at radius 1 is 0.960 bits per heavy atom. The van der Waals surface area contributed by atoms with Crippen molar-refractivity contribution in [2.24, 2.45) is 0 Å². The first kappa shape index (κ1) is 20.0. The van der Waals surface area contributed by atoms with Crippen LogP contribution in [0.15, 0.2) is 12.1 Å². The SMILES string of the molecule is CCCCCCCOc1cc2c(cc1CC=O)C(C)(C)CCC2(C)C. The second-order valence-electron chi connectivity index (χ2n) is 8.91. The molecule has 1 aromatic carbocycles. The Morgan fingerprint density at radius 3 is 2.16 bits per heavy atom. The molecule has 0 fully saturated rings. The van der Waals surface area contributed by atoms with Gasteiger partial charge in [0.05, 0.1) is 6.61 Å². The summed E-state index contributed by atoms with van der Waals surface area (Å²) in [5.74, 6) is 0.923. The molecule has 2 heteroatoms. The highest BCUT2D eigenvalue weighted by Crippen LogP contribution is 2.47. The van der Waals surface area contributed by atoms with Gasteiger partial charge in [-0.3, -0.25) is 0 Å². The molecule has 2 rings (SSSR count). The molecule has 0 radical (unpaired) electrons. The van der Waals surface area contributed by atoms with Gasteiger partial charge in [0, 0.05) is 12.0 Å². The Labute approximate surface area is 154 Å². The van der Waals surface area contributed by atoms with Crippen LogP contribution in [0.5, 0.6) is 5.75 Å². The quantitative estimate of drug-likeness (QED) is 0.398. The highest BCUT2D eigenvalue weighted by atomic mass is 16.5. The summed E-state index contributed by atoms with van der Waals surface area (Å²) in [6.45, 7) is 12.3. The largest absolute Gasteiger partial charge is 0.493 e. The summed E-state index contributed by atoms with van der Waals surface area (Å²) in [5, 5.41) is 0. The molecule has 0 atom stereocenters. The van der Waals surface area contributed by atoms with Crippen LogP contribution in [0, 0.1) is 0 Å². The Kier molecular flexibility index (Phi) is 6.71. The number of carbonyl (C=O) groups excluding carboxylic acids is 1. The molecule has 25 heavy (non-hydrogen) atoms. The van der Waals surface area contributed by atoms with E-state index in [-0.39, 0.29) is 10.8 Å². The van der Waals surface area contributed by atoms with Crippen molar-refractivity contribution in [2.45, 2.75) is 96.8 Å². The van der Waals surface area contributed by atoms with Crippen LogP contribution in [0.2, 0.25) is 0 Å². The first-order valence-corrected chi connectivity index (χ1v) is 10.1. The lowest BCUT2D eigenvalue weighted by Crippen LogP contribution is -2.34. The maximum Gasteiger partial charge on any atom is 0.124 e. The Balaban J connectivity index is 2.22. The van der Waals surface area contributed by atoms with Gasteiger partial charge in [0.2, 0.25) is 0 Å². The molecule has 1 aliphatic carbocycles. The normalized spacial score (nSPS) is 17.8. The van der Waals surface area contributed by atoms with E-state index < -0.39 is 0 Å². The molecule has 0 aromatic heterocycles. The minimum Gasteiger partial charge on any atom is -0.493 e. The lowest BCUT2D eigenvalue weighted by Gasteiger charge is -2.42. The zero-order valence-corrected chi connectivity index (χ0v) is 16.9. The maximum absolute atomic E-state index is 11.2. The number of carbonyl (C=O) groups is 1. The molecule has 0 saturated heterocycles. The molecular weight excluding hydrogens is 308 g/mol. The van der Waals surface area contributed by atoms with Crippen molar-refractivity contribution in [3.63, 3.8) is 0 Å². The van der Waals surface area contributed by atoms with E-state index in [1.165, 1.54) is 49.7 Å². The minimum absolute atomic E-state index is 0.168. The van der Waals surface area contributed by atoms with Crippen molar-refractivity contribution in [3.8, 4) is 5.75 Å². The summed E-state index contributed by atoms with van der Waals surface area (Å²) < 4.78 is 6.14. The predicted octanol–water partition coefficient (Wildman–Crippen LogP) is 6.13. The van der Waals surface area contributed by atoms with Gasteiger partial charge in [-0.1, -0.05) is 66.4 Å². The molecule has 0 amide bonds. The maximum atomic E-state index is 11.2. The summed E-state index contributed by atoms with van der Waals surface area (Å²) in [5.41, 5.74) is 4.19. The van der Waals surface area contributed by atoms with Gasteiger partial charge in [-0.15, -0.1) is 0 Å². The zero-order chi connectivity index (χ0) is 18.5. The van der Waals surface area contributed by atoms with Crippen molar-refractivity contribution in [1.82, 2.24) is 0 Å². The lowest BCUT2D eigenvalue weighted by molar-refractivity contribution is -0.107. The molecule has 0 spiro atoms. The fourth-order valence-electron chi connectivity index (χ4n) is 3.91. The van der Waals surface area contributed by atoms with Crippen molar-refractivity contribution in [2.75, 3.05) is 6.61 Å². The number of rotatable bonds is 9. The zero-order valence-electron chi connectivity index (χ0n) is 16.9. The Morgan fingerprint density at radius 2 is 1.56 bits per heavy atom. The van der Waals surface area contributed by atoms with Crippen molar-refractivity contribution in [1.29, 1.82) is 0 Å². The molecule has 140 valence electrons. The number of hydrogen-bond donors (Lipinski definition) is 0. The fraction of sp³-hybridized carbons (Fsp3) is 0.696. The molecule has 0 N–H and O–H groups in total. The van der Waals surface area contributed by atoms with Gasteiger partial charge in [-0.25, -0.2) is 0 Å². The fourth-order valence-corrected chi connectivity index (χ4v) is 3.91. The number of hydrogen-bond acceptors (Lipinski definition) is 2. The third-order valence-corrected chi connectivity index (χ3v) is 5.84. The molecule has 2 nitrogen and oxygen atoms in total. The molecule has 1 aliphatic rings. The van der Waals surface area contributed by atoms with Crippen LogP contribution < -0.4 is 4.74 Å². The van der Waals surface area contributed by atoms with E-state index in [2.05, 4.69) is 46.8 Å². The second-order valence-corrected chi connectivity index (χ2v) is 8.91. The Bertz CT molecular complexity index is 584. The highest BCUT2D eigenvalue weighted by molar-refractivity contribution is 5.60. The Hall–Kier alpha value is -1.31. The van der Waals surface area contributed by atoms with E-state index in [1.807, 2.05) is 0 Å². The molecular formula is C23H36O2. The predicted molar refractivity (Wildman–Crippen MR) is 106 cm³/mol. The average molecular weight is 345 g/mol. The smallest absolute Gasteiger partial charge is 0.124 e. The number of fused-ring (bicyclic) bond motifs is 1. The second kappa shape index (κ2) is 8.38. The summed E-state index contributed by atoms with van der Waals surface area (Å²) >= 11 is 0. The van der Waals surface area contributed by atoms with Gasteiger partial charge in [0.25, 0.3) is 0 Å². The number of aldehydes is 1. The molecule has 0 aliphatic heterocycles. The van der Waals surface area contributed by atoms with Crippen molar-refractivity contribution < 1.29 is 9.53 Å². The summed E-state index contributed by atoms with van der Waals surface area (Å²) in [4.78, 5) is 11.2. The molecule has 1 aromatic rings. The summed E-state index contributed by atoms with van der Waals surface area (Å²) in [6.07, 6.45) is 9.98. The monoisotopic (exact) mass is 344 g/mol. The van der Waals surface area contributed by atoms with E-state index in [1.54, 1.807) is 0 Å². The molecule has 0 bridgehead atoms. The van der Waals surface area contributed by atoms with E-state index >= 15 is 0 Å². The first-order chi connectivity index (χ1) is 11.8. The number of unbranched alkanes of at least 4 members (excludes halogenated alkanes) is 4. The van der Waals surface area contributed by atoms with Crippen molar-refractivity contribution >= 4 is 6.29 Å². The topological polar surface area (TPSA) is 26.3 Å². The van der Waals surface area contributed by atoms with Crippen LogP contribution in [0.4, 0.5) is 0 Å². The summed E-state index contributed by atoms with van der Waals surface area (Å²) in [6, 6.07) is 4.48. The molecule has 0 unspecified atom stereocenters. The minimum atomic E-state index is 0.168. The van der Waals surface area contributed by atoms with E-state index in [0.717, 1.165) is 30.6 Å². The third kappa shape index (κ3) is 4.86. The third-order valence-electron chi connectivity index (χ3n) is 5.84.